The van der Waals surface area contributed by atoms with E-state index < -0.39 is 0 Å². The maximum atomic E-state index is 12.0. The summed E-state index contributed by atoms with van der Waals surface area (Å²) >= 11 is 0. The van der Waals surface area contributed by atoms with Gasteiger partial charge in [0, 0.05) is 0 Å². The smallest absolute Gasteiger partial charge is 0.247 e. The standard InChI is InChI=1S/C15H21NO2/c1-14(2)12(15(14,3)4)13(17)16-18-10-11-8-6-5-7-9-11/h5-9,12H,10H2,1-4H3,(H,16,17). The molecule has 0 spiro atoms. The van der Waals surface area contributed by atoms with E-state index in [1.807, 2.05) is 30.3 Å². The summed E-state index contributed by atoms with van der Waals surface area (Å²) in [4.78, 5) is 17.3. The molecule has 3 nitrogen and oxygen atoms in total. The second kappa shape index (κ2) is 4.39. The Morgan fingerprint density at radius 3 is 2.22 bits per heavy atom. The fourth-order valence-electron chi connectivity index (χ4n) is 2.68. The fourth-order valence-corrected chi connectivity index (χ4v) is 2.68. The van der Waals surface area contributed by atoms with Crippen LogP contribution in [-0.2, 0) is 16.2 Å². The summed E-state index contributed by atoms with van der Waals surface area (Å²) in [6.07, 6.45) is 0. The van der Waals surface area contributed by atoms with Crippen LogP contribution < -0.4 is 5.48 Å². The van der Waals surface area contributed by atoms with Crippen LogP contribution in [0.15, 0.2) is 30.3 Å². The number of nitrogens with one attached hydrogen (secondary N) is 1. The molecular weight excluding hydrogens is 226 g/mol. The molecular formula is C15H21NO2. The van der Waals surface area contributed by atoms with Crippen molar-refractivity contribution in [2.45, 2.75) is 34.3 Å². The van der Waals surface area contributed by atoms with Crippen molar-refractivity contribution in [1.82, 2.24) is 5.48 Å². The van der Waals surface area contributed by atoms with Crippen molar-refractivity contribution in [1.29, 1.82) is 0 Å². The predicted octanol–water partition coefficient (Wildman–Crippen LogP) is 2.92. The molecule has 1 fully saturated rings. The molecule has 18 heavy (non-hydrogen) atoms. The first-order valence-corrected chi connectivity index (χ1v) is 6.33. The molecule has 1 aromatic carbocycles. The second-order valence-electron chi connectivity index (χ2n) is 6.12. The van der Waals surface area contributed by atoms with Crippen LogP contribution in [0.3, 0.4) is 0 Å². The topological polar surface area (TPSA) is 38.3 Å². The van der Waals surface area contributed by atoms with Crippen molar-refractivity contribution in [2.24, 2.45) is 16.7 Å². The summed E-state index contributed by atoms with van der Waals surface area (Å²) in [5.74, 6) is 0.0155. The van der Waals surface area contributed by atoms with Gasteiger partial charge in [0.15, 0.2) is 0 Å². The van der Waals surface area contributed by atoms with Crippen LogP contribution in [-0.4, -0.2) is 5.91 Å². The summed E-state index contributed by atoms with van der Waals surface area (Å²) < 4.78 is 0. The molecule has 0 saturated heterocycles. The fraction of sp³-hybridized carbons (Fsp3) is 0.533. The molecule has 3 heteroatoms. The molecule has 1 aliphatic carbocycles. The highest BCUT2D eigenvalue weighted by Crippen LogP contribution is 2.68. The van der Waals surface area contributed by atoms with Gasteiger partial charge in [-0.2, -0.15) is 0 Å². The van der Waals surface area contributed by atoms with E-state index in [1.165, 1.54) is 0 Å². The molecule has 1 saturated carbocycles. The van der Waals surface area contributed by atoms with Crippen molar-refractivity contribution < 1.29 is 9.63 Å². The van der Waals surface area contributed by atoms with E-state index in [2.05, 4.69) is 33.2 Å². The van der Waals surface area contributed by atoms with Gasteiger partial charge in [0.05, 0.1) is 12.5 Å². The Morgan fingerprint density at radius 2 is 1.72 bits per heavy atom. The van der Waals surface area contributed by atoms with E-state index in [1.54, 1.807) is 0 Å². The normalized spacial score (nSPS) is 20.4. The summed E-state index contributed by atoms with van der Waals surface area (Å²) in [5.41, 5.74) is 3.71. The van der Waals surface area contributed by atoms with Gasteiger partial charge in [-0.3, -0.25) is 9.63 Å². The first kappa shape index (κ1) is 13.1. The number of carbonyl (C=O) groups is 1. The molecule has 1 N–H and O–H groups in total. The van der Waals surface area contributed by atoms with Gasteiger partial charge in [-0.1, -0.05) is 58.0 Å². The van der Waals surface area contributed by atoms with Crippen LogP contribution in [0, 0.1) is 16.7 Å². The van der Waals surface area contributed by atoms with Gasteiger partial charge in [-0.25, -0.2) is 5.48 Å². The molecule has 0 aliphatic heterocycles. The molecule has 98 valence electrons. The Bertz CT molecular complexity index is 423. The SMILES string of the molecule is CC1(C)C(C(=O)NOCc2ccccc2)C1(C)C. The lowest BCUT2D eigenvalue weighted by molar-refractivity contribution is -0.137. The monoisotopic (exact) mass is 247 g/mol. The minimum atomic E-state index is -0.0130. The minimum absolute atomic E-state index is 0.0130. The van der Waals surface area contributed by atoms with Crippen molar-refractivity contribution in [3.8, 4) is 0 Å². The van der Waals surface area contributed by atoms with Crippen LogP contribution in [0.1, 0.15) is 33.3 Å². The molecule has 0 radical (unpaired) electrons. The van der Waals surface area contributed by atoms with Crippen LogP contribution in [0.4, 0.5) is 0 Å². The van der Waals surface area contributed by atoms with E-state index in [4.69, 9.17) is 4.84 Å². The third-order valence-electron chi connectivity index (χ3n) is 4.54. The number of benzene rings is 1. The zero-order valence-corrected chi connectivity index (χ0v) is 11.5. The van der Waals surface area contributed by atoms with Crippen molar-refractivity contribution >= 4 is 5.91 Å². The van der Waals surface area contributed by atoms with E-state index in [0.29, 0.717) is 6.61 Å². The first-order valence-electron chi connectivity index (χ1n) is 6.33. The zero-order valence-electron chi connectivity index (χ0n) is 11.5. The van der Waals surface area contributed by atoms with E-state index >= 15 is 0 Å². The Balaban J connectivity index is 1.81. The number of rotatable bonds is 4. The van der Waals surface area contributed by atoms with E-state index in [-0.39, 0.29) is 22.7 Å². The van der Waals surface area contributed by atoms with E-state index in [9.17, 15) is 4.79 Å². The van der Waals surface area contributed by atoms with Crippen LogP contribution in [0.25, 0.3) is 0 Å². The maximum absolute atomic E-state index is 12.0. The molecule has 0 aromatic heterocycles. The lowest BCUT2D eigenvalue weighted by atomic mass is 10.0. The number of carbonyl (C=O) groups excluding carboxylic acids is 1. The third kappa shape index (κ3) is 2.15. The van der Waals surface area contributed by atoms with Gasteiger partial charge >= 0.3 is 0 Å². The summed E-state index contributed by atoms with van der Waals surface area (Å²) in [5, 5.41) is 0. The lowest BCUT2D eigenvalue weighted by Gasteiger charge is -2.06. The van der Waals surface area contributed by atoms with Gasteiger partial charge < -0.3 is 0 Å². The molecule has 1 amide bonds. The van der Waals surface area contributed by atoms with Gasteiger partial charge in [0.2, 0.25) is 5.91 Å². The van der Waals surface area contributed by atoms with Crippen molar-refractivity contribution in [3.05, 3.63) is 35.9 Å². The van der Waals surface area contributed by atoms with Crippen molar-refractivity contribution in [3.63, 3.8) is 0 Å². The van der Waals surface area contributed by atoms with Gasteiger partial charge in [-0.05, 0) is 16.4 Å². The summed E-state index contributed by atoms with van der Waals surface area (Å²) in [6.45, 7) is 8.88. The average molecular weight is 247 g/mol. The minimum Gasteiger partial charge on any atom is -0.272 e. The van der Waals surface area contributed by atoms with Gasteiger partial charge in [-0.15, -0.1) is 0 Å². The Kier molecular flexibility index (Phi) is 3.20. The molecule has 0 heterocycles. The molecule has 0 unspecified atom stereocenters. The second-order valence-corrected chi connectivity index (χ2v) is 6.12. The number of hydrogen-bond acceptors (Lipinski definition) is 2. The highest BCUT2D eigenvalue weighted by Gasteiger charge is 2.68. The number of hydroxylamine groups is 1. The quantitative estimate of drug-likeness (QED) is 0.831. The highest BCUT2D eigenvalue weighted by atomic mass is 16.6. The lowest BCUT2D eigenvalue weighted by Crippen LogP contribution is -2.27. The van der Waals surface area contributed by atoms with Crippen molar-refractivity contribution in [2.75, 3.05) is 0 Å². The Morgan fingerprint density at radius 1 is 1.17 bits per heavy atom. The Labute approximate surface area is 108 Å². The van der Waals surface area contributed by atoms with Gasteiger partial charge in [0.25, 0.3) is 0 Å². The van der Waals surface area contributed by atoms with E-state index in [0.717, 1.165) is 5.56 Å². The molecule has 0 atom stereocenters. The van der Waals surface area contributed by atoms with Crippen LogP contribution in [0.5, 0.6) is 0 Å². The van der Waals surface area contributed by atoms with Crippen LogP contribution in [0.2, 0.25) is 0 Å². The third-order valence-corrected chi connectivity index (χ3v) is 4.54. The van der Waals surface area contributed by atoms with Gasteiger partial charge in [0.1, 0.15) is 0 Å². The predicted molar refractivity (Wildman–Crippen MR) is 70.4 cm³/mol. The zero-order chi connectivity index (χ0) is 13.4. The number of amides is 1. The average Bonchev–Trinajstić information content (AvgIpc) is 2.70. The molecule has 1 aromatic rings. The van der Waals surface area contributed by atoms with Crippen LogP contribution >= 0.6 is 0 Å². The Hall–Kier alpha value is -1.35. The largest absolute Gasteiger partial charge is 0.272 e. The maximum Gasteiger partial charge on any atom is 0.247 e. The number of hydrogen-bond donors (Lipinski definition) is 1. The molecule has 2 rings (SSSR count). The summed E-state index contributed by atoms with van der Waals surface area (Å²) in [6, 6.07) is 9.80. The highest BCUT2D eigenvalue weighted by molar-refractivity contribution is 5.83. The summed E-state index contributed by atoms with van der Waals surface area (Å²) in [7, 11) is 0. The first-order chi connectivity index (χ1) is 8.37. The molecule has 0 bridgehead atoms. The molecule has 1 aliphatic rings.